The number of hydrogen-bond donors (Lipinski definition) is 2. The standard InChI is InChI=1S/C18H20N2O3/c1-3-11-23-17-10-5-4-9-16(17)18(22)20-19-13(2)14-7-6-8-15(21)12-14/h4-10,12,21H,3,11H2,1-2H3,(H,20,22)/b19-13-. The van der Waals surface area contributed by atoms with Gasteiger partial charge in [0.2, 0.25) is 0 Å². The zero-order valence-electron chi connectivity index (χ0n) is 13.2. The van der Waals surface area contributed by atoms with Crippen molar-refractivity contribution < 1.29 is 14.6 Å². The minimum Gasteiger partial charge on any atom is -0.508 e. The topological polar surface area (TPSA) is 70.9 Å². The summed E-state index contributed by atoms with van der Waals surface area (Å²) < 4.78 is 5.57. The number of phenolic OH excluding ortho intramolecular Hbond substituents is 1. The molecule has 0 radical (unpaired) electrons. The van der Waals surface area contributed by atoms with Gasteiger partial charge in [-0.3, -0.25) is 4.79 Å². The van der Waals surface area contributed by atoms with Crippen molar-refractivity contribution in [3.8, 4) is 11.5 Å². The number of carbonyl (C=O) groups is 1. The summed E-state index contributed by atoms with van der Waals surface area (Å²) in [5.74, 6) is 0.356. The second kappa shape index (κ2) is 7.98. The maximum absolute atomic E-state index is 12.3. The molecule has 0 saturated carbocycles. The van der Waals surface area contributed by atoms with Crippen molar-refractivity contribution in [3.05, 3.63) is 59.7 Å². The van der Waals surface area contributed by atoms with Crippen molar-refractivity contribution in [2.24, 2.45) is 5.10 Å². The van der Waals surface area contributed by atoms with Crippen LogP contribution in [0.15, 0.2) is 53.6 Å². The van der Waals surface area contributed by atoms with E-state index in [2.05, 4.69) is 10.5 Å². The molecule has 0 aliphatic heterocycles. The van der Waals surface area contributed by atoms with Gasteiger partial charge in [0.1, 0.15) is 11.5 Å². The summed E-state index contributed by atoms with van der Waals surface area (Å²) in [6.45, 7) is 4.32. The highest BCUT2D eigenvalue weighted by atomic mass is 16.5. The third kappa shape index (κ3) is 4.57. The fourth-order valence-corrected chi connectivity index (χ4v) is 1.98. The summed E-state index contributed by atoms with van der Waals surface area (Å²) in [6, 6.07) is 13.8. The largest absolute Gasteiger partial charge is 0.508 e. The molecule has 0 atom stereocenters. The lowest BCUT2D eigenvalue weighted by atomic mass is 10.1. The molecule has 0 fully saturated rings. The van der Waals surface area contributed by atoms with Crippen molar-refractivity contribution >= 4 is 11.6 Å². The summed E-state index contributed by atoms with van der Waals surface area (Å²) >= 11 is 0. The van der Waals surface area contributed by atoms with Crippen molar-refractivity contribution in [2.45, 2.75) is 20.3 Å². The number of phenols is 1. The molecule has 120 valence electrons. The Morgan fingerprint density at radius 3 is 2.74 bits per heavy atom. The average molecular weight is 312 g/mol. The predicted molar refractivity (Wildman–Crippen MR) is 90.0 cm³/mol. The van der Waals surface area contributed by atoms with Gasteiger partial charge in [0.15, 0.2) is 0 Å². The van der Waals surface area contributed by atoms with Gasteiger partial charge in [0.05, 0.1) is 17.9 Å². The Bertz CT molecular complexity index is 711. The summed E-state index contributed by atoms with van der Waals surface area (Å²) in [4.78, 5) is 12.3. The zero-order valence-corrected chi connectivity index (χ0v) is 13.2. The average Bonchev–Trinajstić information content (AvgIpc) is 2.57. The number of para-hydroxylation sites is 1. The van der Waals surface area contributed by atoms with Crippen LogP contribution in [0.4, 0.5) is 0 Å². The molecule has 2 aromatic rings. The minimum atomic E-state index is -0.337. The molecule has 0 saturated heterocycles. The van der Waals surface area contributed by atoms with Crippen LogP contribution in [0.3, 0.4) is 0 Å². The molecule has 0 aliphatic rings. The van der Waals surface area contributed by atoms with E-state index in [9.17, 15) is 9.90 Å². The highest BCUT2D eigenvalue weighted by Crippen LogP contribution is 2.18. The molecule has 1 amide bonds. The molecule has 5 heteroatoms. The number of aromatic hydroxyl groups is 1. The summed E-state index contributed by atoms with van der Waals surface area (Å²) in [5.41, 5.74) is 4.29. The first-order valence-corrected chi connectivity index (χ1v) is 7.47. The Hall–Kier alpha value is -2.82. The van der Waals surface area contributed by atoms with Crippen molar-refractivity contribution in [1.82, 2.24) is 5.43 Å². The van der Waals surface area contributed by atoms with E-state index >= 15 is 0 Å². The van der Waals surface area contributed by atoms with Crippen molar-refractivity contribution in [1.29, 1.82) is 0 Å². The molecule has 2 aromatic carbocycles. The van der Waals surface area contributed by atoms with E-state index in [1.807, 2.05) is 19.1 Å². The van der Waals surface area contributed by atoms with E-state index in [1.165, 1.54) is 0 Å². The maximum atomic E-state index is 12.3. The Labute approximate surface area is 135 Å². The van der Waals surface area contributed by atoms with Gasteiger partial charge in [-0.05, 0) is 37.6 Å². The van der Waals surface area contributed by atoms with Crippen LogP contribution in [0, 0.1) is 0 Å². The lowest BCUT2D eigenvalue weighted by Gasteiger charge is -2.09. The number of hydrazone groups is 1. The normalized spacial score (nSPS) is 11.1. The molecule has 2 N–H and O–H groups in total. The third-order valence-electron chi connectivity index (χ3n) is 3.18. The number of carbonyl (C=O) groups excluding carboxylic acids is 1. The van der Waals surface area contributed by atoms with Gasteiger partial charge in [-0.2, -0.15) is 5.10 Å². The molecule has 5 nitrogen and oxygen atoms in total. The summed E-state index contributed by atoms with van der Waals surface area (Å²) in [6.07, 6.45) is 0.866. The van der Waals surface area contributed by atoms with Gasteiger partial charge in [-0.25, -0.2) is 5.43 Å². The van der Waals surface area contributed by atoms with Crippen LogP contribution in [0.1, 0.15) is 36.2 Å². The Morgan fingerprint density at radius 2 is 2.00 bits per heavy atom. The number of benzene rings is 2. The van der Waals surface area contributed by atoms with Crippen LogP contribution in [-0.2, 0) is 0 Å². The van der Waals surface area contributed by atoms with Gasteiger partial charge in [0, 0.05) is 5.56 Å². The Balaban J connectivity index is 2.11. The van der Waals surface area contributed by atoms with E-state index in [0.717, 1.165) is 12.0 Å². The highest BCUT2D eigenvalue weighted by molar-refractivity contribution is 6.01. The molecular weight excluding hydrogens is 292 g/mol. The monoisotopic (exact) mass is 312 g/mol. The van der Waals surface area contributed by atoms with Crippen molar-refractivity contribution in [2.75, 3.05) is 6.61 Å². The number of amides is 1. The molecule has 0 aliphatic carbocycles. The van der Waals surface area contributed by atoms with Crippen LogP contribution < -0.4 is 10.2 Å². The second-order valence-corrected chi connectivity index (χ2v) is 5.03. The Morgan fingerprint density at radius 1 is 1.22 bits per heavy atom. The molecule has 0 bridgehead atoms. The first kappa shape index (κ1) is 16.5. The first-order valence-electron chi connectivity index (χ1n) is 7.47. The van der Waals surface area contributed by atoms with Crippen molar-refractivity contribution in [3.63, 3.8) is 0 Å². The van der Waals surface area contributed by atoms with Gasteiger partial charge < -0.3 is 9.84 Å². The van der Waals surface area contributed by atoms with Crippen LogP contribution in [0.5, 0.6) is 11.5 Å². The predicted octanol–water partition coefficient (Wildman–Crippen LogP) is 3.34. The molecule has 0 heterocycles. The summed E-state index contributed by atoms with van der Waals surface area (Å²) in [5, 5.41) is 13.6. The van der Waals surface area contributed by atoms with Crippen LogP contribution in [0.2, 0.25) is 0 Å². The Kier molecular flexibility index (Phi) is 5.74. The second-order valence-electron chi connectivity index (χ2n) is 5.03. The SMILES string of the molecule is CCCOc1ccccc1C(=O)N/N=C(/C)c1cccc(O)c1. The van der Waals surface area contributed by atoms with E-state index in [1.54, 1.807) is 43.3 Å². The maximum Gasteiger partial charge on any atom is 0.275 e. The molecule has 0 spiro atoms. The van der Waals surface area contributed by atoms with Crippen LogP contribution in [0.25, 0.3) is 0 Å². The van der Waals surface area contributed by atoms with Crippen LogP contribution in [-0.4, -0.2) is 23.3 Å². The number of nitrogens with one attached hydrogen (secondary N) is 1. The van der Waals surface area contributed by atoms with Gasteiger partial charge >= 0.3 is 0 Å². The number of rotatable bonds is 6. The number of nitrogens with zero attached hydrogens (tertiary/aromatic N) is 1. The van der Waals surface area contributed by atoms with E-state index in [-0.39, 0.29) is 11.7 Å². The zero-order chi connectivity index (χ0) is 16.7. The quantitative estimate of drug-likeness (QED) is 0.635. The van der Waals surface area contributed by atoms with E-state index in [0.29, 0.717) is 23.6 Å². The van der Waals surface area contributed by atoms with E-state index in [4.69, 9.17) is 4.74 Å². The lowest BCUT2D eigenvalue weighted by Crippen LogP contribution is -2.20. The summed E-state index contributed by atoms with van der Waals surface area (Å²) in [7, 11) is 0. The van der Waals surface area contributed by atoms with Gasteiger partial charge in [-0.15, -0.1) is 0 Å². The molecule has 0 unspecified atom stereocenters. The fourth-order valence-electron chi connectivity index (χ4n) is 1.98. The first-order chi connectivity index (χ1) is 11.1. The number of ether oxygens (including phenoxy) is 1. The third-order valence-corrected chi connectivity index (χ3v) is 3.18. The molecular formula is C18H20N2O3. The van der Waals surface area contributed by atoms with Gasteiger partial charge in [-0.1, -0.05) is 31.2 Å². The molecule has 0 aromatic heterocycles. The minimum absolute atomic E-state index is 0.154. The number of hydrogen-bond acceptors (Lipinski definition) is 4. The van der Waals surface area contributed by atoms with E-state index < -0.39 is 0 Å². The van der Waals surface area contributed by atoms with Gasteiger partial charge in [0.25, 0.3) is 5.91 Å². The molecule has 2 rings (SSSR count). The van der Waals surface area contributed by atoms with Crippen LogP contribution >= 0.6 is 0 Å². The smallest absolute Gasteiger partial charge is 0.275 e. The fraction of sp³-hybridized carbons (Fsp3) is 0.222. The molecule has 23 heavy (non-hydrogen) atoms. The lowest BCUT2D eigenvalue weighted by molar-refractivity contribution is 0.0950. The highest BCUT2D eigenvalue weighted by Gasteiger charge is 2.11.